The van der Waals surface area contributed by atoms with Crippen molar-refractivity contribution in [2.24, 2.45) is 5.92 Å². The average molecular weight is 370 g/mol. The summed E-state index contributed by atoms with van der Waals surface area (Å²) in [5.74, 6) is 0.951. The van der Waals surface area contributed by atoms with Crippen molar-refractivity contribution >= 4 is 15.9 Å². The second-order valence-corrected chi connectivity index (χ2v) is 9.25. The lowest BCUT2D eigenvalue weighted by molar-refractivity contribution is -0.128. The summed E-state index contributed by atoms with van der Waals surface area (Å²) in [7, 11) is -3.18. The van der Waals surface area contributed by atoms with Gasteiger partial charge in [0.1, 0.15) is 5.54 Å². The van der Waals surface area contributed by atoms with Gasteiger partial charge in [0.2, 0.25) is 21.8 Å². The molecule has 0 atom stereocenters. The molecule has 1 aliphatic carbocycles. The van der Waals surface area contributed by atoms with Gasteiger partial charge in [0.25, 0.3) is 0 Å². The van der Waals surface area contributed by atoms with Gasteiger partial charge >= 0.3 is 0 Å². The van der Waals surface area contributed by atoms with Crippen molar-refractivity contribution in [3.8, 4) is 0 Å². The molecule has 2 aliphatic rings. The molecule has 140 valence electrons. The van der Waals surface area contributed by atoms with Crippen LogP contribution < -0.4 is 5.32 Å². The first-order chi connectivity index (χ1) is 11.9. The van der Waals surface area contributed by atoms with Crippen LogP contribution in [0.5, 0.6) is 0 Å². The lowest BCUT2D eigenvalue weighted by Gasteiger charge is -2.33. The molecule has 1 saturated carbocycles. The monoisotopic (exact) mass is 370 g/mol. The predicted molar refractivity (Wildman–Crippen MR) is 91.1 cm³/mol. The fourth-order valence-electron chi connectivity index (χ4n) is 3.79. The second kappa shape index (κ2) is 7.03. The number of sulfonamides is 1. The third kappa shape index (κ3) is 3.72. The number of aryl methyl sites for hydroxylation is 1. The molecular formula is C16H26N4O4S. The van der Waals surface area contributed by atoms with Crippen LogP contribution in [0, 0.1) is 12.8 Å². The van der Waals surface area contributed by atoms with Crippen LogP contribution in [-0.4, -0.2) is 47.6 Å². The van der Waals surface area contributed by atoms with Gasteiger partial charge in [-0.1, -0.05) is 18.0 Å². The molecule has 2 fully saturated rings. The van der Waals surface area contributed by atoms with E-state index in [4.69, 9.17) is 4.52 Å². The van der Waals surface area contributed by atoms with Crippen LogP contribution in [0.15, 0.2) is 4.52 Å². The zero-order chi connectivity index (χ0) is 18.1. The van der Waals surface area contributed by atoms with Gasteiger partial charge in [0.05, 0.1) is 5.75 Å². The Labute approximate surface area is 148 Å². The minimum atomic E-state index is -3.18. The van der Waals surface area contributed by atoms with Crippen molar-refractivity contribution in [3.63, 3.8) is 0 Å². The normalized spacial score (nSPS) is 22.2. The number of hydrogen-bond donors (Lipinski definition) is 1. The van der Waals surface area contributed by atoms with E-state index in [1.807, 2.05) is 0 Å². The number of aromatic nitrogens is 2. The van der Waals surface area contributed by atoms with E-state index in [-0.39, 0.29) is 17.6 Å². The van der Waals surface area contributed by atoms with E-state index < -0.39 is 15.6 Å². The third-order valence-electron chi connectivity index (χ3n) is 5.36. The summed E-state index contributed by atoms with van der Waals surface area (Å²) >= 11 is 0. The smallest absolute Gasteiger partial charge is 0.224 e. The average Bonchev–Trinajstić information content (AvgIpc) is 3.25. The van der Waals surface area contributed by atoms with Crippen LogP contribution in [0.2, 0.25) is 0 Å². The lowest BCUT2D eigenvalue weighted by atomic mass is 9.92. The van der Waals surface area contributed by atoms with E-state index in [0.717, 1.165) is 25.7 Å². The standard InChI is InChI=1S/C16H26N4O4S/c1-3-25(22,23)20-10-6-13(7-11-20)14(21)18-16(8-4-5-9-16)15-17-12(2)24-19-15/h13H,3-11H2,1-2H3,(H,18,21). The topological polar surface area (TPSA) is 105 Å². The van der Waals surface area contributed by atoms with Crippen molar-refractivity contribution < 1.29 is 17.7 Å². The molecule has 8 nitrogen and oxygen atoms in total. The Morgan fingerprint density at radius 1 is 1.32 bits per heavy atom. The quantitative estimate of drug-likeness (QED) is 0.838. The van der Waals surface area contributed by atoms with Crippen molar-refractivity contribution in [1.29, 1.82) is 0 Å². The Bertz CT molecular complexity index is 716. The van der Waals surface area contributed by atoms with E-state index in [0.29, 0.717) is 37.6 Å². The highest BCUT2D eigenvalue weighted by atomic mass is 32.2. The summed E-state index contributed by atoms with van der Waals surface area (Å²) < 4.78 is 30.5. The summed E-state index contributed by atoms with van der Waals surface area (Å²) in [5, 5.41) is 7.20. The minimum Gasteiger partial charge on any atom is -0.343 e. The third-order valence-corrected chi connectivity index (χ3v) is 7.24. The number of amides is 1. The summed E-state index contributed by atoms with van der Waals surface area (Å²) in [6, 6.07) is 0. The fraction of sp³-hybridized carbons (Fsp3) is 0.812. The second-order valence-electron chi connectivity index (χ2n) is 6.99. The Kier molecular flexibility index (Phi) is 5.15. The highest BCUT2D eigenvalue weighted by Gasteiger charge is 2.42. The molecule has 1 amide bonds. The summed E-state index contributed by atoms with van der Waals surface area (Å²) in [5.41, 5.74) is -0.540. The molecule has 0 unspecified atom stereocenters. The van der Waals surface area contributed by atoms with Gasteiger partial charge in [-0.3, -0.25) is 4.79 Å². The number of nitrogens with one attached hydrogen (secondary N) is 1. The Morgan fingerprint density at radius 2 is 1.96 bits per heavy atom. The van der Waals surface area contributed by atoms with E-state index >= 15 is 0 Å². The van der Waals surface area contributed by atoms with Crippen LogP contribution in [0.1, 0.15) is 57.2 Å². The van der Waals surface area contributed by atoms with Crippen molar-refractivity contribution in [2.75, 3.05) is 18.8 Å². The van der Waals surface area contributed by atoms with Crippen LogP contribution in [0.3, 0.4) is 0 Å². The van der Waals surface area contributed by atoms with Gasteiger partial charge in [-0.05, 0) is 32.6 Å². The zero-order valence-electron chi connectivity index (χ0n) is 14.8. The fourth-order valence-corrected chi connectivity index (χ4v) is 4.93. The van der Waals surface area contributed by atoms with Crippen LogP contribution in [0.25, 0.3) is 0 Å². The summed E-state index contributed by atoms with van der Waals surface area (Å²) in [6.45, 7) is 4.20. The number of hydrogen-bond acceptors (Lipinski definition) is 6. The first-order valence-corrected chi connectivity index (χ1v) is 10.6. The summed E-state index contributed by atoms with van der Waals surface area (Å²) in [6.07, 6.45) is 4.74. The van der Waals surface area contributed by atoms with Gasteiger partial charge in [-0.25, -0.2) is 12.7 Å². The molecule has 1 aliphatic heterocycles. The Hall–Kier alpha value is -1.48. The molecule has 0 spiro atoms. The van der Waals surface area contributed by atoms with E-state index in [9.17, 15) is 13.2 Å². The lowest BCUT2D eigenvalue weighted by Crippen LogP contribution is -2.49. The molecule has 0 radical (unpaired) electrons. The van der Waals surface area contributed by atoms with Crippen LogP contribution in [0.4, 0.5) is 0 Å². The molecule has 0 bridgehead atoms. The van der Waals surface area contributed by atoms with Crippen LogP contribution in [-0.2, 0) is 20.4 Å². The number of carbonyl (C=O) groups excluding carboxylic acids is 1. The largest absolute Gasteiger partial charge is 0.343 e. The first-order valence-electron chi connectivity index (χ1n) is 8.97. The Balaban J connectivity index is 1.66. The highest BCUT2D eigenvalue weighted by molar-refractivity contribution is 7.89. The number of rotatable bonds is 5. The minimum absolute atomic E-state index is 0.0297. The molecule has 1 saturated heterocycles. The maximum Gasteiger partial charge on any atom is 0.224 e. The molecule has 2 heterocycles. The van der Waals surface area contributed by atoms with Crippen molar-refractivity contribution in [2.45, 2.75) is 57.9 Å². The molecule has 3 rings (SSSR count). The summed E-state index contributed by atoms with van der Waals surface area (Å²) in [4.78, 5) is 17.1. The Morgan fingerprint density at radius 3 is 2.48 bits per heavy atom. The molecule has 1 aromatic heterocycles. The van der Waals surface area contributed by atoms with Gasteiger partial charge in [-0.15, -0.1) is 0 Å². The van der Waals surface area contributed by atoms with Gasteiger partial charge in [-0.2, -0.15) is 4.98 Å². The number of nitrogens with zero attached hydrogens (tertiary/aromatic N) is 3. The van der Waals surface area contributed by atoms with Gasteiger partial charge < -0.3 is 9.84 Å². The maximum atomic E-state index is 12.8. The SMILES string of the molecule is CCS(=O)(=O)N1CCC(C(=O)NC2(c3noc(C)n3)CCCC2)CC1. The van der Waals surface area contributed by atoms with Gasteiger partial charge in [0.15, 0.2) is 5.82 Å². The zero-order valence-corrected chi connectivity index (χ0v) is 15.6. The molecular weight excluding hydrogens is 344 g/mol. The van der Waals surface area contributed by atoms with Crippen LogP contribution >= 0.6 is 0 Å². The first kappa shape index (κ1) is 18.3. The molecule has 1 aromatic rings. The highest BCUT2D eigenvalue weighted by Crippen LogP contribution is 2.38. The molecule has 1 N–H and O–H groups in total. The van der Waals surface area contributed by atoms with E-state index in [1.54, 1.807) is 13.8 Å². The molecule has 25 heavy (non-hydrogen) atoms. The number of carbonyl (C=O) groups is 1. The van der Waals surface area contributed by atoms with Crippen molar-refractivity contribution in [3.05, 3.63) is 11.7 Å². The van der Waals surface area contributed by atoms with Gasteiger partial charge in [0, 0.05) is 25.9 Å². The molecule has 9 heteroatoms. The number of piperidine rings is 1. The van der Waals surface area contributed by atoms with Crippen molar-refractivity contribution in [1.82, 2.24) is 19.8 Å². The van der Waals surface area contributed by atoms with E-state index in [1.165, 1.54) is 4.31 Å². The molecule has 0 aromatic carbocycles. The predicted octanol–water partition coefficient (Wildman–Crippen LogP) is 1.33. The van der Waals surface area contributed by atoms with E-state index in [2.05, 4.69) is 15.5 Å². The maximum absolute atomic E-state index is 12.8.